The van der Waals surface area contributed by atoms with E-state index >= 15 is 0 Å². The molecule has 0 spiro atoms. The fraction of sp³-hybridized carbons (Fsp3) is 0.160. The molecule has 5 nitrogen and oxygen atoms in total. The third kappa shape index (κ3) is 5.83. The molecule has 0 bridgehead atoms. The number of nitrogens with zero attached hydrogens (tertiary/aromatic N) is 3. The van der Waals surface area contributed by atoms with Crippen LogP contribution < -0.4 is 5.32 Å². The molecular weight excluding hydrogens is 404 g/mol. The number of aromatic nitrogens is 3. The molecule has 0 unspecified atom stereocenters. The molecule has 6 heteroatoms. The Morgan fingerprint density at radius 2 is 1.52 bits per heavy atom. The topological polar surface area (TPSA) is 59.8 Å². The number of nitrogens with one attached hydrogen (secondary N) is 1. The van der Waals surface area contributed by atoms with Crippen LogP contribution in [0.15, 0.2) is 90.1 Å². The van der Waals surface area contributed by atoms with Crippen molar-refractivity contribution in [2.75, 3.05) is 11.1 Å². The van der Waals surface area contributed by atoms with Gasteiger partial charge in [-0.2, -0.15) is 0 Å². The van der Waals surface area contributed by atoms with Gasteiger partial charge in [0.15, 0.2) is 5.16 Å². The standard InChI is InChI=1S/C25H24N4OS/c1-19-12-14-22(15-13-19)26-24(30)18-31-25-28-27-23(16-20-8-4-2-5-9-20)29(25)17-21-10-6-3-7-11-21/h2-15H,16-18H2,1H3,(H,26,30). The van der Waals surface area contributed by atoms with E-state index in [0.29, 0.717) is 13.0 Å². The molecule has 0 saturated heterocycles. The van der Waals surface area contributed by atoms with Crippen molar-refractivity contribution in [2.24, 2.45) is 0 Å². The molecule has 1 heterocycles. The Labute approximate surface area is 186 Å². The summed E-state index contributed by atoms with van der Waals surface area (Å²) in [5.74, 6) is 1.09. The summed E-state index contributed by atoms with van der Waals surface area (Å²) < 4.78 is 2.10. The number of aryl methyl sites for hydroxylation is 1. The van der Waals surface area contributed by atoms with Gasteiger partial charge in [-0.05, 0) is 30.2 Å². The normalized spacial score (nSPS) is 10.7. The van der Waals surface area contributed by atoms with Crippen molar-refractivity contribution in [3.63, 3.8) is 0 Å². The number of carbonyl (C=O) groups excluding carboxylic acids is 1. The Morgan fingerprint density at radius 3 is 2.19 bits per heavy atom. The Balaban J connectivity index is 1.49. The lowest BCUT2D eigenvalue weighted by Gasteiger charge is -2.11. The molecule has 0 saturated carbocycles. The van der Waals surface area contributed by atoms with Crippen LogP contribution in [-0.4, -0.2) is 26.4 Å². The molecule has 3 aromatic carbocycles. The largest absolute Gasteiger partial charge is 0.325 e. The quantitative estimate of drug-likeness (QED) is 0.403. The molecule has 0 aliphatic carbocycles. The summed E-state index contributed by atoms with van der Waals surface area (Å²) in [5.41, 5.74) is 4.31. The summed E-state index contributed by atoms with van der Waals surface area (Å²) in [6.07, 6.45) is 0.691. The van der Waals surface area contributed by atoms with Gasteiger partial charge in [0.1, 0.15) is 5.82 Å². The minimum atomic E-state index is -0.0623. The molecule has 1 amide bonds. The Bertz CT molecular complexity index is 1130. The number of carbonyl (C=O) groups is 1. The van der Waals surface area contributed by atoms with Gasteiger partial charge in [-0.15, -0.1) is 10.2 Å². The Kier molecular flexibility index (Phi) is 6.79. The van der Waals surface area contributed by atoms with Crippen molar-refractivity contribution in [3.8, 4) is 0 Å². The second-order valence-corrected chi connectivity index (χ2v) is 8.28. The molecule has 31 heavy (non-hydrogen) atoms. The van der Waals surface area contributed by atoms with E-state index in [1.54, 1.807) is 0 Å². The molecule has 0 radical (unpaired) electrons. The van der Waals surface area contributed by atoms with Crippen molar-refractivity contribution in [1.29, 1.82) is 0 Å². The number of amides is 1. The van der Waals surface area contributed by atoms with Gasteiger partial charge < -0.3 is 9.88 Å². The van der Waals surface area contributed by atoms with Gasteiger partial charge in [-0.1, -0.05) is 90.1 Å². The van der Waals surface area contributed by atoms with Gasteiger partial charge in [0, 0.05) is 12.1 Å². The van der Waals surface area contributed by atoms with Crippen molar-refractivity contribution in [1.82, 2.24) is 14.8 Å². The first kappa shape index (κ1) is 20.9. The number of hydrogen-bond acceptors (Lipinski definition) is 4. The number of rotatable bonds is 8. The van der Waals surface area contributed by atoms with E-state index < -0.39 is 0 Å². The lowest BCUT2D eigenvalue weighted by Crippen LogP contribution is -2.15. The predicted octanol–water partition coefficient (Wildman–Crippen LogP) is 4.96. The van der Waals surface area contributed by atoms with Crippen molar-refractivity contribution >= 4 is 23.4 Å². The highest BCUT2D eigenvalue weighted by Gasteiger charge is 2.15. The average molecular weight is 429 g/mol. The molecule has 156 valence electrons. The SMILES string of the molecule is Cc1ccc(NC(=O)CSc2nnc(Cc3ccccc3)n2Cc2ccccc2)cc1. The maximum Gasteiger partial charge on any atom is 0.234 e. The molecular formula is C25H24N4OS. The van der Waals surface area contributed by atoms with E-state index in [-0.39, 0.29) is 11.7 Å². The van der Waals surface area contributed by atoms with Gasteiger partial charge in [-0.25, -0.2) is 0 Å². The third-order valence-electron chi connectivity index (χ3n) is 4.85. The summed E-state index contributed by atoms with van der Waals surface area (Å²) in [5, 5.41) is 12.5. The van der Waals surface area contributed by atoms with E-state index in [1.165, 1.54) is 22.9 Å². The van der Waals surface area contributed by atoms with Crippen LogP contribution in [0.4, 0.5) is 5.69 Å². The predicted molar refractivity (Wildman–Crippen MR) is 125 cm³/mol. The van der Waals surface area contributed by atoms with Crippen LogP contribution in [-0.2, 0) is 17.8 Å². The van der Waals surface area contributed by atoms with Gasteiger partial charge in [0.25, 0.3) is 0 Å². The van der Waals surface area contributed by atoms with Crippen LogP contribution in [0.25, 0.3) is 0 Å². The summed E-state index contributed by atoms with van der Waals surface area (Å²) in [6.45, 7) is 2.69. The highest BCUT2D eigenvalue weighted by molar-refractivity contribution is 7.99. The first-order valence-corrected chi connectivity index (χ1v) is 11.2. The monoisotopic (exact) mass is 428 g/mol. The zero-order valence-electron chi connectivity index (χ0n) is 17.4. The van der Waals surface area contributed by atoms with E-state index in [0.717, 1.165) is 22.2 Å². The van der Waals surface area contributed by atoms with Gasteiger partial charge >= 0.3 is 0 Å². The molecule has 0 aliphatic rings. The average Bonchev–Trinajstić information content (AvgIpc) is 3.16. The molecule has 1 aromatic heterocycles. The van der Waals surface area contributed by atoms with Crippen molar-refractivity contribution in [2.45, 2.75) is 25.0 Å². The fourth-order valence-corrected chi connectivity index (χ4v) is 3.98. The number of benzene rings is 3. The van der Waals surface area contributed by atoms with Crippen LogP contribution in [0.1, 0.15) is 22.5 Å². The van der Waals surface area contributed by atoms with Crippen LogP contribution in [0.2, 0.25) is 0 Å². The summed E-state index contributed by atoms with van der Waals surface area (Å²) in [6, 6.07) is 28.2. The highest BCUT2D eigenvalue weighted by Crippen LogP contribution is 2.21. The van der Waals surface area contributed by atoms with Gasteiger partial charge in [0.05, 0.1) is 12.3 Å². The Hall–Kier alpha value is -3.38. The molecule has 1 N–H and O–H groups in total. The fourth-order valence-electron chi connectivity index (χ4n) is 3.22. The van der Waals surface area contributed by atoms with Crippen LogP contribution in [0.5, 0.6) is 0 Å². The molecule has 0 atom stereocenters. The third-order valence-corrected chi connectivity index (χ3v) is 5.82. The molecule has 0 aliphatic heterocycles. The minimum absolute atomic E-state index is 0.0623. The number of hydrogen-bond donors (Lipinski definition) is 1. The second kappa shape index (κ2) is 10.1. The zero-order chi connectivity index (χ0) is 21.5. The zero-order valence-corrected chi connectivity index (χ0v) is 18.2. The van der Waals surface area contributed by atoms with Gasteiger partial charge in [0.2, 0.25) is 5.91 Å². The van der Waals surface area contributed by atoms with Crippen LogP contribution >= 0.6 is 11.8 Å². The first-order chi connectivity index (χ1) is 15.2. The number of thioether (sulfide) groups is 1. The summed E-state index contributed by atoms with van der Waals surface area (Å²) in [7, 11) is 0. The van der Waals surface area contributed by atoms with Gasteiger partial charge in [-0.3, -0.25) is 4.79 Å². The maximum absolute atomic E-state index is 12.4. The smallest absolute Gasteiger partial charge is 0.234 e. The molecule has 4 aromatic rings. The lowest BCUT2D eigenvalue weighted by atomic mass is 10.1. The van der Waals surface area contributed by atoms with Crippen molar-refractivity contribution < 1.29 is 4.79 Å². The first-order valence-electron chi connectivity index (χ1n) is 10.2. The minimum Gasteiger partial charge on any atom is -0.325 e. The van der Waals surface area contributed by atoms with E-state index in [9.17, 15) is 4.79 Å². The van der Waals surface area contributed by atoms with Crippen LogP contribution in [0, 0.1) is 6.92 Å². The molecule has 0 fully saturated rings. The molecule has 4 rings (SSSR count). The van der Waals surface area contributed by atoms with E-state index in [1.807, 2.05) is 67.6 Å². The van der Waals surface area contributed by atoms with E-state index in [2.05, 4.69) is 44.3 Å². The van der Waals surface area contributed by atoms with Crippen molar-refractivity contribution in [3.05, 3.63) is 107 Å². The van der Waals surface area contributed by atoms with Crippen LogP contribution in [0.3, 0.4) is 0 Å². The maximum atomic E-state index is 12.4. The second-order valence-electron chi connectivity index (χ2n) is 7.34. The Morgan fingerprint density at radius 1 is 0.871 bits per heavy atom. The highest BCUT2D eigenvalue weighted by atomic mass is 32.2. The van der Waals surface area contributed by atoms with E-state index in [4.69, 9.17) is 0 Å². The summed E-state index contributed by atoms with van der Waals surface area (Å²) in [4.78, 5) is 12.4. The summed E-state index contributed by atoms with van der Waals surface area (Å²) >= 11 is 1.41. The number of anilines is 1. The lowest BCUT2D eigenvalue weighted by molar-refractivity contribution is -0.113.